The van der Waals surface area contributed by atoms with Gasteiger partial charge in [0.2, 0.25) is 0 Å². The number of nitrogens with one attached hydrogen (secondary N) is 1. The second-order valence-corrected chi connectivity index (χ2v) is 6.00. The van der Waals surface area contributed by atoms with Gasteiger partial charge in [0.05, 0.1) is 11.3 Å². The van der Waals surface area contributed by atoms with Gasteiger partial charge in [0.25, 0.3) is 0 Å². The number of hydrogen-bond donors (Lipinski definition) is 2. The Labute approximate surface area is 113 Å². The van der Waals surface area contributed by atoms with Crippen LogP contribution < -0.4 is 4.72 Å². The van der Waals surface area contributed by atoms with E-state index in [-0.39, 0.29) is 9.13 Å². The molecule has 0 spiro atoms. The molecular formula is C8H5F3INO4S. The first-order chi connectivity index (χ1) is 8.03. The summed E-state index contributed by atoms with van der Waals surface area (Å²) in [5, 5.41) is 8.69. The molecule has 0 aliphatic carbocycles. The van der Waals surface area contributed by atoms with E-state index in [1.54, 1.807) is 22.6 Å². The zero-order chi connectivity index (χ0) is 14.1. The quantitative estimate of drug-likeness (QED) is 0.770. The summed E-state index contributed by atoms with van der Waals surface area (Å²) in [5.74, 6) is -1.37. The minimum absolute atomic E-state index is 0.285. The molecule has 0 atom stereocenters. The van der Waals surface area contributed by atoms with Gasteiger partial charge in [0.15, 0.2) is 0 Å². The van der Waals surface area contributed by atoms with E-state index in [0.29, 0.717) is 0 Å². The highest BCUT2D eigenvalue weighted by Crippen LogP contribution is 2.26. The third-order valence-electron chi connectivity index (χ3n) is 1.70. The van der Waals surface area contributed by atoms with Crippen LogP contribution in [0.15, 0.2) is 18.2 Å². The first-order valence-corrected chi connectivity index (χ1v) is 6.72. The number of carboxylic acids is 1. The number of anilines is 1. The number of sulfonamides is 1. The van der Waals surface area contributed by atoms with Crippen molar-refractivity contribution in [1.29, 1.82) is 0 Å². The third kappa shape index (κ3) is 3.48. The Hall–Kier alpha value is -1.04. The van der Waals surface area contributed by atoms with Crippen LogP contribution in [0.25, 0.3) is 0 Å². The number of aromatic carboxylic acids is 1. The Kier molecular flexibility index (Phi) is 4.10. The fraction of sp³-hybridized carbons (Fsp3) is 0.125. The van der Waals surface area contributed by atoms with Crippen molar-refractivity contribution in [2.24, 2.45) is 0 Å². The zero-order valence-electron chi connectivity index (χ0n) is 8.32. The predicted molar refractivity (Wildman–Crippen MR) is 64.7 cm³/mol. The van der Waals surface area contributed by atoms with Gasteiger partial charge >= 0.3 is 21.5 Å². The van der Waals surface area contributed by atoms with Crippen molar-refractivity contribution in [3.05, 3.63) is 27.3 Å². The maximum absolute atomic E-state index is 12.1. The Morgan fingerprint density at radius 3 is 2.28 bits per heavy atom. The Bertz CT molecular complexity index is 584. The van der Waals surface area contributed by atoms with Crippen LogP contribution in [0.3, 0.4) is 0 Å². The highest BCUT2D eigenvalue weighted by Gasteiger charge is 2.46. The number of halogens is 4. The maximum Gasteiger partial charge on any atom is 0.516 e. The molecule has 0 fully saturated rings. The van der Waals surface area contributed by atoms with Crippen molar-refractivity contribution in [3.8, 4) is 0 Å². The minimum Gasteiger partial charge on any atom is -0.478 e. The van der Waals surface area contributed by atoms with Crippen molar-refractivity contribution >= 4 is 44.3 Å². The van der Waals surface area contributed by atoms with E-state index in [2.05, 4.69) is 0 Å². The number of benzene rings is 1. The van der Waals surface area contributed by atoms with Gasteiger partial charge in [-0.05, 0) is 40.8 Å². The summed E-state index contributed by atoms with van der Waals surface area (Å²) in [5.41, 5.74) is -6.24. The Morgan fingerprint density at radius 1 is 1.28 bits per heavy atom. The number of carbonyl (C=O) groups is 1. The molecule has 0 saturated carbocycles. The van der Waals surface area contributed by atoms with E-state index < -0.39 is 27.2 Å². The van der Waals surface area contributed by atoms with Crippen LogP contribution in [0, 0.1) is 3.57 Å². The van der Waals surface area contributed by atoms with Gasteiger partial charge in [-0.25, -0.2) is 4.79 Å². The fourth-order valence-electron chi connectivity index (χ4n) is 0.985. The maximum atomic E-state index is 12.1. The molecule has 0 aliphatic heterocycles. The van der Waals surface area contributed by atoms with E-state index in [4.69, 9.17) is 5.11 Å². The molecule has 10 heteroatoms. The van der Waals surface area contributed by atoms with Crippen molar-refractivity contribution < 1.29 is 31.5 Å². The molecular weight excluding hydrogens is 390 g/mol. The molecule has 0 aromatic heterocycles. The van der Waals surface area contributed by atoms with E-state index in [0.717, 1.165) is 12.1 Å². The van der Waals surface area contributed by atoms with Crippen LogP contribution >= 0.6 is 22.6 Å². The van der Waals surface area contributed by atoms with Gasteiger partial charge in [-0.1, -0.05) is 0 Å². The fourth-order valence-corrected chi connectivity index (χ4v) is 2.20. The van der Waals surface area contributed by atoms with E-state index in [9.17, 15) is 26.4 Å². The normalized spacial score (nSPS) is 12.2. The summed E-state index contributed by atoms with van der Waals surface area (Å²) < 4.78 is 59.5. The number of rotatable bonds is 3. The molecule has 1 rings (SSSR count). The van der Waals surface area contributed by atoms with Crippen molar-refractivity contribution in [3.63, 3.8) is 0 Å². The number of hydrogen-bond acceptors (Lipinski definition) is 3. The SMILES string of the molecule is O=C(O)c1cc(I)cc(NS(=O)(=O)C(F)(F)F)c1. The lowest BCUT2D eigenvalue weighted by atomic mass is 10.2. The predicted octanol–water partition coefficient (Wildman–Crippen LogP) is 2.25. The molecule has 0 radical (unpaired) electrons. The summed E-state index contributed by atoms with van der Waals surface area (Å²) in [4.78, 5) is 10.7. The van der Waals surface area contributed by atoms with Crippen LogP contribution in [-0.2, 0) is 10.0 Å². The first-order valence-electron chi connectivity index (χ1n) is 4.16. The average molecular weight is 395 g/mol. The lowest BCUT2D eigenvalue weighted by molar-refractivity contribution is -0.0429. The molecule has 1 aromatic rings. The summed E-state index contributed by atoms with van der Waals surface area (Å²) in [6.45, 7) is 0. The molecule has 0 saturated heterocycles. The summed E-state index contributed by atoms with van der Waals surface area (Å²) in [6, 6.07) is 3.07. The Morgan fingerprint density at radius 2 is 1.83 bits per heavy atom. The summed E-state index contributed by atoms with van der Waals surface area (Å²) in [7, 11) is -5.56. The van der Waals surface area contributed by atoms with Gasteiger partial charge in [0, 0.05) is 3.57 Å². The van der Waals surface area contributed by atoms with Crippen LogP contribution in [0.5, 0.6) is 0 Å². The molecule has 0 heterocycles. The topological polar surface area (TPSA) is 83.5 Å². The molecule has 2 N–H and O–H groups in total. The van der Waals surface area contributed by atoms with Crippen molar-refractivity contribution in [2.45, 2.75) is 5.51 Å². The molecule has 100 valence electrons. The monoisotopic (exact) mass is 395 g/mol. The van der Waals surface area contributed by atoms with Crippen LogP contribution in [0.1, 0.15) is 10.4 Å². The molecule has 0 bridgehead atoms. The lowest BCUT2D eigenvalue weighted by Gasteiger charge is -2.11. The van der Waals surface area contributed by atoms with Crippen molar-refractivity contribution in [2.75, 3.05) is 4.72 Å². The molecule has 18 heavy (non-hydrogen) atoms. The molecule has 1 aromatic carbocycles. The average Bonchev–Trinajstić information content (AvgIpc) is 2.13. The second kappa shape index (κ2) is 4.91. The first kappa shape index (κ1) is 15.0. The summed E-state index contributed by atoms with van der Waals surface area (Å²) >= 11 is 1.66. The highest BCUT2D eigenvalue weighted by molar-refractivity contribution is 14.1. The van der Waals surface area contributed by atoms with Crippen molar-refractivity contribution in [1.82, 2.24) is 0 Å². The van der Waals surface area contributed by atoms with E-state index in [1.165, 1.54) is 10.8 Å². The molecule has 0 unspecified atom stereocenters. The Balaban J connectivity index is 3.17. The van der Waals surface area contributed by atoms with Crippen LogP contribution in [-0.4, -0.2) is 25.0 Å². The smallest absolute Gasteiger partial charge is 0.478 e. The van der Waals surface area contributed by atoms with E-state index in [1.807, 2.05) is 0 Å². The standard InChI is InChI=1S/C8H5F3INO4S/c9-8(10,11)18(16,17)13-6-2-4(7(14)15)1-5(12)3-6/h1-3,13H,(H,14,15). The van der Waals surface area contributed by atoms with Crippen LogP contribution in [0.4, 0.5) is 18.9 Å². The molecule has 0 aliphatic rings. The third-order valence-corrected chi connectivity index (χ3v) is 3.44. The van der Waals surface area contributed by atoms with Gasteiger partial charge in [-0.3, -0.25) is 4.72 Å². The zero-order valence-corrected chi connectivity index (χ0v) is 11.3. The lowest BCUT2D eigenvalue weighted by Crippen LogP contribution is -2.30. The van der Waals surface area contributed by atoms with E-state index >= 15 is 0 Å². The minimum atomic E-state index is -5.56. The highest BCUT2D eigenvalue weighted by atomic mass is 127. The van der Waals surface area contributed by atoms with Gasteiger partial charge in [0.1, 0.15) is 0 Å². The van der Waals surface area contributed by atoms with Crippen LogP contribution in [0.2, 0.25) is 0 Å². The number of alkyl halides is 3. The number of carboxylic acid groups (broad SMARTS) is 1. The van der Waals surface area contributed by atoms with Gasteiger partial charge in [-0.2, -0.15) is 21.6 Å². The summed E-state index contributed by atoms with van der Waals surface area (Å²) in [6.07, 6.45) is 0. The molecule has 0 amide bonds. The van der Waals surface area contributed by atoms with Gasteiger partial charge < -0.3 is 5.11 Å². The second-order valence-electron chi connectivity index (χ2n) is 3.08. The van der Waals surface area contributed by atoms with Gasteiger partial charge in [-0.15, -0.1) is 0 Å². The molecule has 5 nitrogen and oxygen atoms in total. The largest absolute Gasteiger partial charge is 0.516 e.